The maximum atomic E-state index is 13.3. The van der Waals surface area contributed by atoms with E-state index in [4.69, 9.17) is 42.3 Å². The summed E-state index contributed by atoms with van der Waals surface area (Å²) in [6.07, 6.45) is 4.75. The van der Waals surface area contributed by atoms with Crippen LogP contribution in [0.25, 0.3) is 11.1 Å². The third kappa shape index (κ3) is 7.41. The minimum atomic E-state index is -0.500. The molecule has 2 amide bonds. The summed E-state index contributed by atoms with van der Waals surface area (Å²) in [7, 11) is 0. The summed E-state index contributed by atoms with van der Waals surface area (Å²) < 4.78 is 13.3. The van der Waals surface area contributed by atoms with E-state index in [1.165, 1.54) is 0 Å². The number of aromatic nitrogens is 2. The topological polar surface area (TPSA) is 131 Å². The van der Waals surface area contributed by atoms with Crippen molar-refractivity contribution in [1.29, 1.82) is 0 Å². The van der Waals surface area contributed by atoms with Gasteiger partial charge < -0.3 is 19.5 Å². The highest BCUT2D eigenvalue weighted by Crippen LogP contribution is 2.57. The number of carbonyl (C=O) groups excluding carboxylic acids is 4. The zero-order valence-electron chi connectivity index (χ0n) is 27.6. The van der Waals surface area contributed by atoms with Gasteiger partial charge in [-0.3, -0.25) is 14.4 Å². The molecule has 1 saturated heterocycles. The van der Waals surface area contributed by atoms with Gasteiger partial charge in [0.25, 0.3) is 5.91 Å². The van der Waals surface area contributed by atoms with Crippen LogP contribution in [-0.2, 0) is 20.9 Å². The Labute approximate surface area is 299 Å². The molecule has 3 aromatic carbocycles. The highest BCUT2D eigenvalue weighted by molar-refractivity contribution is 6.31. The van der Waals surface area contributed by atoms with Gasteiger partial charge in [0.2, 0.25) is 0 Å². The number of halogens is 2. The molecule has 1 aromatic heterocycles. The van der Waals surface area contributed by atoms with E-state index in [1.807, 2.05) is 67.3 Å². The Kier molecular flexibility index (Phi) is 10.6. The number of anilines is 1. The van der Waals surface area contributed by atoms with Gasteiger partial charge in [-0.25, -0.2) is 4.79 Å². The molecular weight excluding hydrogens is 683 g/mol. The van der Waals surface area contributed by atoms with Crippen LogP contribution in [0, 0.1) is 12.8 Å². The maximum Gasteiger partial charge on any atom is 0.414 e. The number of aliphatic hydroxyl groups excluding tert-OH is 1. The Morgan fingerprint density at radius 2 is 1.80 bits per heavy atom. The third-order valence-corrected chi connectivity index (χ3v) is 10.3. The van der Waals surface area contributed by atoms with Crippen molar-refractivity contribution in [3.63, 3.8) is 0 Å². The first-order valence-corrected chi connectivity index (χ1v) is 17.1. The Hall–Kier alpha value is -4.67. The van der Waals surface area contributed by atoms with E-state index in [0.717, 1.165) is 39.9 Å². The summed E-state index contributed by atoms with van der Waals surface area (Å²) in [6, 6.07) is 16.8. The molecule has 4 aromatic rings. The molecule has 1 saturated carbocycles. The zero-order valence-corrected chi connectivity index (χ0v) is 29.1. The van der Waals surface area contributed by atoms with Gasteiger partial charge in [-0.2, -0.15) is 14.7 Å². The first-order chi connectivity index (χ1) is 24.1. The number of aliphatic hydroxyl groups is 1. The molecular formula is C37H36Cl2N4O7. The quantitative estimate of drug-likeness (QED) is 0.208. The second-order valence-corrected chi connectivity index (χ2v) is 13.6. The predicted octanol–water partition coefficient (Wildman–Crippen LogP) is 6.36. The smallest absolute Gasteiger partial charge is 0.414 e. The van der Waals surface area contributed by atoms with E-state index in [0.29, 0.717) is 59.2 Å². The summed E-state index contributed by atoms with van der Waals surface area (Å²) in [4.78, 5) is 46.2. The number of hydrogen-bond donors (Lipinski definition) is 1. The van der Waals surface area contributed by atoms with Crippen molar-refractivity contribution in [3.05, 3.63) is 99.3 Å². The fourth-order valence-electron chi connectivity index (χ4n) is 6.89. The van der Waals surface area contributed by atoms with E-state index in [9.17, 15) is 14.7 Å². The van der Waals surface area contributed by atoms with Crippen LogP contribution in [0.3, 0.4) is 0 Å². The number of hydrogen-bond acceptors (Lipinski definition) is 8. The Bertz CT molecular complexity index is 1940. The molecule has 0 spiro atoms. The third-order valence-electron chi connectivity index (χ3n) is 9.47. The molecule has 0 bridgehead atoms. The van der Waals surface area contributed by atoms with Crippen LogP contribution in [0.4, 0.5) is 10.5 Å². The van der Waals surface area contributed by atoms with E-state index < -0.39 is 12.2 Å². The van der Waals surface area contributed by atoms with Gasteiger partial charge in [-0.1, -0.05) is 41.4 Å². The van der Waals surface area contributed by atoms with Crippen molar-refractivity contribution in [1.82, 2.24) is 14.7 Å². The molecule has 1 N–H and O–H groups in total. The standard InChI is InChI=1S/C36H36Cl2N4O5.CO2/c1-21-13-27(43)20-41(21)35(44)23-9-10-31(38)25(14-23)17-40-18-26(16-39-40)28-5-3-7-32-34(28)29-15-24(29)19-42(32)36(45)47-12-11-46-33-8-4-6-30(37)22(33)2;2-1-3/h3-10,14,16,18,21,24,27,29,43H,11-13,15,17,19-20H2,1-2H3;/t21-,24+,27+,29+;/m1./s1. The molecule has 13 heteroatoms. The highest BCUT2D eigenvalue weighted by Gasteiger charge is 2.48. The van der Waals surface area contributed by atoms with E-state index in [2.05, 4.69) is 11.2 Å². The number of amides is 2. The maximum absolute atomic E-state index is 13.3. The normalized spacial score (nSPS) is 20.2. The number of benzene rings is 3. The Morgan fingerprint density at radius 3 is 2.56 bits per heavy atom. The summed E-state index contributed by atoms with van der Waals surface area (Å²) in [5.74, 6) is 1.32. The van der Waals surface area contributed by atoms with Gasteiger partial charge in [0.1, 0.15) is 19.0 Å². The second kappa shape index (κ2) is 15.1. The van der Waals surface area contributed by atoms with Crippen LogP contribution in [0.5, 0.6) is 5.75 Å². The molecule has 260 valence electrons. The first kappa shape index (κ1) is 35.2. The number of carbonyl (C=O) groups is 2. The van der Waals surface area contributed by atoms with Crippen molar-refractivity contribution >= 4 is 47.0 Å². The molecule has 0 unspecified atom stereocenters. The lowest BCUT2D eigenvalue weighted by Gasteiger charge is -2.29. The fourth-order valence-corrected chi connectivity index (χ4v) is 7.23. The molecule has 7 rings (SSSR count). The van der Waals surface area contributed by atoms with Crippen LogP contribution in [0.1, 0.15) is 52.7 Å². The lowest BCUT2D eigenvalue weighted by atomic mass is 9.93. The monoisotopic (exact) mass is 718 g/mol. The van der Waals surface area contributed by atoms with Gasteiger partial charge in [-0.15, -0.1) is 0 Å². The molecule has 2 aliphatic heterocycles. The molecule has 50 heavy (non-hydrogen) atoms. The van der Waals surface area contributed by atoms with Crippen molar-refractivity contribution in [2.75, 3.05) is 31.2 Å². The molecule has 2 fully saturated rings. The number of β-amino-alcohol motifs (C(OH)–C–C–N with tert-alkyl or cyclic N) is 1. The summed E-state index contributed by atoms with van der Waals surface area (Å²) >= 11 is 12.8. The number of likely N-dealkylation sites (tertiary alicyclic amines) is 1. The average molecular weight is 720 g/mol. The van der Waals surface area contributed by atoms with E-state index in [-0.39, 0.29) is 31.3 Å². The lowest BCUT2D eigenvalue weighted by Crippen LogP contribution is -2.37. The Balaban J connectivity index is 0.00000139. The van der Waals surface area contributed by atoms with Crippen LogP contribution < -0.4 is 9.64 Å². The van der Waals surface area contributed by atoms with Gasteiger partial charge in [-0.05, 0) is 91.6 Å². The number of rotatable bonds is 8. The van der Waals surface area contributed by atoms with Crippen molar-refractivity contribution in [2.24, 2.45) is 5.92 Å². The minimum absolute atomic E-state index is 0.0241. The SMILES string of the molecule is Cc1c(Cl)cccc1OCCOC(=O)N1C[C@@H]2C[C@@H]2c2c(-c3cnn(Cc4cc(C(=O)N5C[C@@H](O)C[C@H]5C)ccc4Cl)c3)cccc21.O=C=O. The van der Waals surface area contributed by atoms with Crippen molar-refractivity contribution < 1.29 is 33.8 Å². The summed E-state index contributed by atoms with van der Waals surface area (Å²) in [5.41, 5.74) is 6.14. The average Bonchev–Trinajstić information content (AvgIpc) is 3.61. The number of ether oxygens (including phenoxy) is 2. The number of nitrogens with zero attached hydrogens (tertiary/aromatic N) is 4. The van der Waals surface area contributed by atoms with Crippen LogP contribution in [0.2, 0.25) is 10.0 Å². The molecule has 1 aliphatic carbocycles. The first-order valence-electron chi connectivity index (χ1n) is 16.3. The van der Waals surface area contributed by atoms with Gasteiger partial charge in [0.05, 0.1) is 24.5 Å². The molecule has 3 aliphatic rings. The largest absolute Gasteiger partial charge is 0.490 e. The summed E-state index contributed by atoms with van der Waals surface area (Å²) in [5, 5.41) is 15.8. The van der Waals surface area contributed by atoms with Crippen LogP contribution >= 0.6 is 23.2 Å². The highest BCUT2D eigenvalue weighted by atomic mass is 35.5. The van der Waals surface area contributed by atoms with Crippen molar-refractivity contribution in [2.45, 2.75) is 51.3 Å². The molecule has 0 radical (unpaired) electrons. The van der Waals surface area contributed by atoms with Crippen LogP contribution in [0.15, 0.2) is 67.0 Å². The van der Waals surface area contributed by atoms with E-state index in [1.54, 1.807) is 21.9 Å². The summed E-state index contributed by atoms with van der Waals surface area (Å²) in [6.45, 7) is 5.51. The molecule has 3 heterocycles. The second-order valence-electron chi connectivity index (χ2n) is 12.8. The molecule has 11 nitrogen and oxygen atoms in total. The zero-order chi connectivity index (χ0) is 35.5. The molecule has 4 atom stereocenters. The minimum Gasteiger partial charge on any atom is -0.490 e. The Morgan fingerprint density at radius 1 is 1.02 bits per heavy atom. The lowest BCUT2D eigenvalue weighted by molar-refractivity contribution is -0.191. The van der Waals surface area contributed by atoms with Gasteiger partial charge in [0.15, 0.2) is 0 Å². The van der Waals surface area contributed by atoms with E-state index >= 15 is 0 Å². The fraction of sp³-hybridized carbons (Fsp3) is 0.351. The number of fused-ring (bicyclic) bond motifs is 3. The van der Waals surface area contributed by atoms with Gasteiger partial charge >= 0.3 is 12.2 Å². The van der Waals surface area contributed by atoms with Crippen LogP contribution in [-0.4, -0.2) is 76.4 Å². The van der Waals surface area contributed by atoms with Crippen molar-refractivity contribution in [3.8, 4) is 16.9 Å². The predicted molar refractivity (Wildman–Crippen MR) is 186 cm³/mol. The van der Waals surface area contributed by atoms with Gasteiger partial charge in [0, 0.05) is 52.1 Å².